The van der Waals surface area contributed by atoms with E-state index in [-0.39, 0.29) is 18.1 Å². The maximum absolute atomic E-state index is 12.6. The number of nitrogens with zero attached hydrogens (tertiary/aromatic N) is 2. The standard InChI is InChI=1S/C14H27N3O2/c1-3-19-13-5-4-8-17(11-13)14(18)12(2)16-9-6-15-7-10-16/h12-13,15H,3-11H2,1-2H3. The summed E-state index contributed by atoms with van der Waals surface area (Å²) in [4.78, 5) is 16.8. The van der Waals surface area contributed by atoms with Gasteiger partial charge >= 0.3 is 0 Å². The van der Waals surface area contributed by atoms with Gasteiger partial charge in [-0.25, -0.2) is 0 Å². The van der Waals surface area contributed by atoms with Gasteiger partial charge < -0.3 is 15.0 Å². The van der Waals surface area contributed by atoms with Gasteiger partial charge in [0.1, 0.15) is 0 Å². The van der Waals surface area contributed by atoms with E-state index in [0.717, 1.165) is 58.7 Å². The summed E-state index contributed by atoms with van der Waals surface area (Å²) < 4.78 is 5.67. The lowest BCUT2D eigenvalue weighted by molar-refractivity contribution is -0.140. The van der Waals surface area contributed by atoms with Crippen molar-refractivity contribution in [3.05, 3.63) is 0 Å². The van der Waals surface area contributed by atoms with Gasteiger partial charge in [-0.15, -0.1) is 0 Å². The average molecular weight is 269 g/mol. The van der Waals surface area contributed by atoms with Gasteiger partial charge in [0.15, 0.2) is 0 Å². The number of hydrogen-bond donors (Lipinski definition) is 1. The average Bonchev–Trinajstić information content (AvgIpc) is 2.47. The molecule has 2 aliphatic heterocycles. The minimum absolute atomic E-state index is 0.00229. The summed E-state index contributed by atoms with van der Waals surface area (Å²) in [7, 11) is 0. The second-order valence-electron chi connectivity index (χ2n) is 5.47. The first-order valence-electron chi connectivity index (χ1n) is 7.57. The molecule has 1 N–H and O–H groups in total. The van der Waals surface area contributed by atoms with E-state index in [2.05, 4.69) is 10.2 Å². The molecule has 19 heavy (non-hydrogen) atoms. The highest BCUT2D eigenvalue weighted by molar-refractivity contribution is 5.81. The molecular weight excluding hydrogens is 242 g/mol. The van der Waals surface area contributed by atoms with Crippen LogP contribution in [0.5, 0.6) is 0 Å². The Hall–Kier alpha value is -0.650. The third-order valence-corrected chi connectivity index (χ3v) is 4.15. The molecule has 0 saturated carbocycles. The van der Waals surface area contributed by atoms with Gasteiger partial charge in [0.05, 0.1) is 12.1 Å². The number of nitrogens with one attached hydrogen (secondary N) is 1. The smallest absolute Gasteiger partial charge is 0.239 e. The highest BCUT2D eigenvalue weighted by Gasteiger charge is 2.30. The van der Waals surface area contributed by atoms with E-state index in [1.165, 1.54) is 0 Å². The number of piperazine rings is 1. The van der Waals surface area contributed by atoms with Crippen LogP contribution in [0.2, 0.25) is 0 Å². The van der Waals surface area contributed by atoms with E-state index >= 15 is 0 Å². The quantitative estimate of drug-likeness (QED) is 0.798. The number of ether oxygens (including phenoxy) is 1. The van der Waals surface area contributed by atoms with Crippen molar-refractivity contribution >= 4 is 5.91 Å². The van der Waals surface area contributed by atoms with Crippen LogP contribution in [-0.2, 0) is 9.53 Å². The third-order valence-electron chi connectivity index (χ3n) is 4.15. The van der Waals surface area contributed by atoms with Crippen LogP contribution in [0.25, 0.3) is 0 Å². The van der Waals surface area contributed by atoms with Gasteiger partial charge in [-0.2, -0.15) is 0 Å². The number of hydrogen-bond acceptors (Lipinski definition) is 4. The molecule has 0 aliphatic carbocycles. The number of amides is 1. The van der Waals surface area contributed by atoms with Crippen molar-refractivity contribution in [2.24, 2.45) is 0 Å². The molecule has 2 atom stereocenters. The topological polar surface area (TPSA) is 44.8 Å². The molecule has 0 radical (unpaired) electrons. The Labute approximate surface area is 116 Å². The summed E-state index contributed by atoms with van der Waals surface area (Å²) in [6, 6.07) is 0.00229. The van der Waals surface area contributed by atoms with Crippen LogP contribution < -0.4 is 5.32 Å². The minimum Gasteiger partial charge on any atom is -0.377 e. The molecule has 0 bridgehead atoms. The van der Waals surface area contributed by atoms with Crippen molar-refractivity contribution in [3.8, 4) is 0 Å². The van der Waals surface area contributed by atoms with E-state index in [9.17, 15) is 4.79 Å². The summed E-state index contributed by atoms with van der Waals surface area (Å²) >= 11 is 0. The summed E-state index contributed by atoms with van der Waals surface area (Å²) in [6.45, 7) is 10.4. The Bertz CT molecular complexity index is 290. The maximum Gasteiger partial charge on any atom is 0.239 e. The van der Waals surface area contributed by atoms with Crippen molar-refractivity contribution < 1.29 is 9.53 Å². The van der Waals surface area contributed by atoms with Gasteiger partial charge in [0, 0.05) is 45.9 Å². The lowest BCUT2D eigenvalue weighted by Crippen LogP contribution is -2.55. The molecule has 1 amide bonds. The first-order chi connectivity index (χ1) is 9.22. The molecule has 2 saturated heterocycles. The van der Waals surface area contributed by atoms with Crippen molar-refractivity contribution in [2.75, 3.05) is 45.9 Å². The molecule has 2 aliphatic rings. The molecular formula is C14H27N3O2. The Morgan fingerprint density at radius 3 is 2.79 bits per heavy atom. The minimum atomic E-state index is 0.00229. The number of carbonyl (C=O) groups is 1. The molecule has 2 heterocycles. The lowest BCUT2D eigenvalue weighted by Gasteiger charge is -2.38. The second kappa shape index (κ2) is 7.22. The maximum atomic E-state index is 12.6. The molecule has 2 unspecified atom stereocenters. The highest BCUT2D eigenvalue weighted by atomic mass is 16.5. The summed E-state index contributed by atoms with van der Waals surface area (Å²) in [5.41, 5.74) is 0. The van der Waals surface area contributed by atoms with Gasteiger partial charge in [-0.1, -0.05) is 0 Å². The van der Waals surface area contributed by atoms with Gasteiger partial charge in [0.2, 0.25) is 5.91 Å². The van der Waals surface area contributed by atoms with Crippen molar-refractivity contribution in [1.82, 2.24) is 15.1 Å². The molecule has 5 heteroatoms. The molecule has 0 aromatic heterocycles. The Balaban J connectivity index is 1.86. The second-order valence-corrected chi connectivity index (χ2v) is 5.47. The number of rotatable bonds is 4. The number of likely N-dealkylation sites (tertiary alicyclic amines) is 1. The molecule has 0 aromatic carbocycles. The SMILES string of the molecule is CCOC1CCCN(C(=O)C(C)N2CCNCC2)C1. The van der Waals surface area contributed by atoms with Crippen LogP contribution in [0.15, 0.2) is 0 Å². The fourth-order valence-electron chi connectivity index (χ4n) is 3.00. The van der Waals surface area contributed by atoms with Crippen LogP contribution in [-0.4, -0.2) is 73.7 Å². The first kappa shape index (κ1) is 14.8. The van der Waals surface area contributed by atoms with Crippen LogP contribution in [0.1, 0.15) is 26.7 Å². The molecule has 2 fully saturated rings. The van der Waals surface area contributed by atoms with Crippen molar-refractivity contribution in [3.63, 3.8) is 0 Å². The first-order valence-corrected chi connectivity index (χ1v) is 7.57. The Kier molecular flexibility index (Phi) is 5.60. The summed E-state index contributed by atoms with van der Waals surface area (Å²) in [5.74, 6) is 0.270. The van der Waals surface area contributed by atoms with Crippen LogP contribution in [0.3, 0.4) is 0 Å². The lowest BCUT2D eigenvalue weighted by atomic mass is 10.1. The third kappa shape index (κ3) is 3.91. The molecule has 2 rings (SSSR count). The molecule has 5 nitrogen and oxygen atoms in total. The molecule has 0 spiro atoms. The molecule has 110 valence electrons. The normalized spacial score (nSPS) is 27.3. The zero-order valence-corrected chi connectivity index (χ0v) is 12.2. The Morgan fingerprint density at radius 2 is 2.11 bits per heavy atom. The van der Waals surface area contributed by atoms with E-state index in [1.54, 1.807) is 0 Å². The van der Waals surface area contributed by atoms with E-state index in [0.29, 0.717) is 0 Å². The fourth-order valence-corrected chi connectivity index (χ4v) is 3.00. The summed E-state index contributed by atoms with van der Waals surface area (Å²) in [5, 5.41) is 3.33. The van der Waals surface area contributed by atoms with E-state index in [4.69, 9.17) is 4.74 Å². The van der Waals surface area contributed by atoms with E-state index < -0.39 is 0 Å². The number of piperidine rings is 1. The monoisotopic (exact) mass is 269 g/mol. The fraction of sp³-hybridized carbons (Fsp3) is 0.929. The Morgan fingerprint density at radius 1 is 1.37 bits per heavy atom. The molecule has 0 aromatic rings. The van der Waals surface area contributed by atoms with E-state index in [1.807, 2.05) is 18.7 Å². The van der Waals surface area contributed by atoms with Crippen molar-refractivity contribution in [2.45, 2.75) is 38.8 Å². The van der Waals surface area contributed by atoms with Gasteiger partial charge in [0.25, 0.3) is 0 Å². The number of carbonyl (C=O) groups excluding carboxylic acids is 1. The predicted octanol–water partition coefficient (Wildman–Crippen LogP) is 0.308. The largest absolute Gasteiger partial charge is 0.377 e. The zero-order valence-electron chi connectivity index (χ0n) is 12.2. The van der Waals surface area contributed by atoms with Crippen molar-refractivity contribution in [1.29, 1.82) is 0 Å². The van der Waals surface area contributed by atoms with Crippen LogP contribution in [0.4, 0.5) is 0 Å². The summed E-state index contributed by atoms with van der Waals surface area (Å²) in [6.07, 6.45) is 2.38. The van der Waals surface area contributed by atoms with Gasteiger partial charge in [-0.3, -0.25) is 9.69 Å². The van der Waals surface area contributed by atoms with Gasteiger partial charge in [-0.05, 0) is 26.7 Å². The highest BCUT2D eigenvalue weighted by Crippen LogP contribution is 2.15. The van der Waals surface area contributed by atoms with Crippen LogP contribution in [0, 0.1) is 0 Å². The predicted molar refractivity (Wildman–Crippen MR) is 75.1 cm³/mol. The van der Waals surface area contributed by atoms with Crippen LogP contribution >= 0.6 is 0 Å². The zero-order chi connectivity index (χ0) is 13.7.